The molecule has 58 heavy (non-hydrogen) atoms. The van der Waals surface area contributed by atoms with E-state index >= 15 is 0 Å². The van der Waals surface area contributed by atoms with Gasteiger partial charge in [0.05, 0.1) is 18.0 Å². The Morgan fingerprint density at radius 3 is 1.36 bits per heavy atom. The van der Waals surface area contributed by atoms with Crippen molar-refractivity contribution < 1.29 is 31.0 Å². The van der Waals surface area contributed by atoms with E-state index in [9.17, 15) is 31.0 Å². The smallest absolute Gasteiger partial charge is 0.296 e. The fourth-order valence-electron chi connectivity index (χ4n) is 5.64. The Kier molecular flexibility index (Phi) is 14.8. The average Bonchev–Trinajstić information content (AvgIpc) is 3.20. The fraction of sp³-hybridized carbons (Fsp3) is 0.270. The van der Waals surface area contributed by atoms with Crippen LogP contribution in [-0.4, -0.2) is 84.5 Å². The SMILES string of the molecule is CCN(CC)c1ccc(/N=N/c2ccccc2S(=O)(=O)O)c(Nc2nc(Nc3cc(N(CC)CC)ccc3/N=N/c3ccccc3S(=O)(=O)O)nc(SCCO)n2)c1. The van der Waals surface area contributed by atoms with E-state index in [-0.39, 0.29) is 40.8 Å². The van der Waals surface area contributed by atoms with Crippen LogP contribution >= 0.6 is 11.8 Å². The fourth-order valence-corrected chi connectivity index (χ4v) is 7.46. The van der Waals surface area contributed by atoms with Crippen LogP contribution < -0.4 is 20.4 Å². The monoisotopic (exact) mass is 849 g/mol. The van der Waals surface area contributed by atoms with Gasteiger partial charge in [0.2, 0.25) is 11.9 Å². The number of hydrogen-bond acceptors (Lipinski definition) is 17. The molecule has 306 valence electrons. The summed E-state index contributed by atoms with van der Waals surface area (Å²) in [7, 11) is -9.17. The second kappa shape index (κ2) is 19.7. The molecule has 0 bridgehead atoms. The first kappa shape index (κ1) is 43.5. The van der Waals surface area contributed by atoms with Gasteiger partial charge in [-0.05, 0) is 88.4 Å². The molecule has 0 atom stereocenters. The van der Waals surface area contributed by atoms with Gasteiger partial charge in [0.1, 0.15) is 32.5 Å². The molecule has 0 saturated heterocycles. The molecule has 4 aromatic carbocycles. The van der Waals surface area contributed by atoms with Crippen molar-refractivity contribution in [3.8, 4) is 0 Å². The summed E-state index contributed by atoms with van der Waals surface area (Å²) in [5, 5.41) is 33.3. The summed E-state index contributed by atoms with van der Waals surface area (Å²) in [6, 6.07) is 22.1. The second-order valence-corrected chi connectivity index (χ2v) is 16.0. The molecular weight excluding hydrogens is 807 g/mol. The van der Waals surface area contributed by atoms with Crippen molar-refractivity contribution in [1.82, 2.24) is 15.0 Å². The highest BCUT2D eigenvalue weighted by Gasteiger charge is 2.18. The maximum atomic E-state index is 12.0. The van der Waals surface area contributed by atoms with Crippen molar-refractivity contribution in [3.63, 3.8) is 0 Å². The molecule has 0 aliphatic rings. The summed E-state index contributed by atoms with van der Waals surface area (Å²) < 4.78 is 67.6. The van der Waals surface area contributed by atoms with E-state index < -0.39 is 30.0 Å². The van der Waals surface area contributed by atoms with Crippen LogP contribution in [-0.2, 0) is 20.2 Å². The average molecular weight is 850 g/mol. The summed E-state index contributed by atoms with van der Waals surface area (Å²) >= 11 is 1.18. The van der Waals surface area contributed by atoms with E-state index in [0.717, 1.165) is 11.4 Å². The number of nitrogens with zero attached hydrogens (tertiary/aromatic N) is 9. The van der Waals surface area contributed by atoms with Crippen molar-refractivity contribution >= 4 is 89.4 Å². The second-order valence-electron chi connectivity index (χ2n) is 12.1. The zero-order chi connectivity index (χ0) is 41.9. The van der Waals surface area contributed by atoms with Gasteiger partial charge >= 0.3 is 0 Å². The van der Waals surface area contributed by atoms with Gasteiger partial charge in [0.25, 0.3) is 20.2 Å². The topological polar surface area (TPSA) is 248 Å². The normalized spacial score (nSPS) is 12.0. The van der Waals surface area contributed by atoms with Crippen molar-refractivity contribution in [2.75, 3.05) is 59.0 Å². The number of azo groups is 2. The quantitative estimate of drug-likeness (QED) is 0.0297. The Labute approximate surface area is 341 Å². The lowest BCUT2D eigenvalue weighted by Gasteiger charge is -2.22. The number of aromatic nitrogens is 3. The van der Waals surface area contributed by atoms with Crippen LogP contribution in [0, 0.1) is 0 Å². The first-order chi connectivity index (χ1) is 27.8. The van der Waals surface area contributed by atoms with E-state index in [1.807, 2.05) is 52.0 Å². The highest BCUT2D eigenvalue weighted by molar-refractivity contribution is 7.99. The molecule has 0 aliphatic carbocycles. The van der Waals surface area contributed by atoms with E-state index in [0.29, 0.717) is 48.9 Å². The molecule has 1 aromatic heterocycles. The number of aliphatic hydroxyl groups is 1. The van der Waals surface area contributed by atoms with Gasteiger partial charge in [-0.15, -0.1) is 20.5 Å². The minimum absolute atomic E-state index is 0.0699. The number of nitrogens with one attached hydrogen (secondary N) is 2. The molecule has 0 saturated carbocycles. The molecule has 21 heteroatoms. The Bertz CT molecular complexity index is 2330. The van der Waals surface area contributed by atoms with E-state index in [1.54, 1.807) is 24.3 Å². The van der Waals surface area contributed by atoms with Crippen LogP contribution in [0.15, 0.2) is 120 Å². The molecule has 0 radical (unpaired) electrons. The Hall–Kier alpha value is -5.58. The van der Waals surface area contributed by atoms with Gasteiger partial charge in [0.15, 0.2) is 5.16 Å². The van der Waals surface area contributed by atoms with Crippen LogP contribution in [0.1, 0.15) is 27.7 Å². The van der Waals surface area contributed by atoms with Crippen LogP contribution in [0.5, 0.6) is 0 Å². The summed E-state index contributed by atoms with van der Waals surface area (Å²) in [5.41, 5.74) is 2.93. The number of benzene rings is 4. The molecule has 0 unspecified atom stereocenters. The zero-order valence-electron chi connectivity index (χ0n) is 32.0. The predicted molar refractivity (Wildman–Crippen MR) is 225 cm³/mol. The molecule has 5 aromatic rings. The lowest BCUT2D eigenvalue weighted by atomic mass is 10.2. The Morgan fingerprint density at radius 1 is 0.586 bits per heavy atom. The van der Waals surface area contributed by atoms with Gasteiger partial charge < -0.3 is 25.5 Å². The van der Waals surface area contributed by atoms with Crippen LogP contribution in [0.4, 0.5) is 57.4 Å². The van der Waals surface area contributed by atoms with Gasteiger partial charge in [-0.1, -0.05) is 36.0 Å². The molecule has 1 heterocycles. The third-order valence-corrected chi connectivity index (χ3v) is 11.1. The minimum atomic E-state index is -4.58. The molecule has 18 nitrogen and oxygen atoms in total. The van der Waals surface area contributed by atoms with Crippen LogP contribution in [0.3, 0.4) is 0 Å². The standard InChI is InChI=1S/C37H43N11O7S3/c1-5-47(6-2)25-17-19-27(43-45-29-13-9-11-15-33(29)57(50,51)52)31(23-25)38-35-40-36(42-37(41-35)56-22-21-49)39-32-24-26(48(7-3)8-4)18-20-28(32)44-46-30-14-10-12-16-34(30)58(53,54)55/h9-20,23-24,49H,5-8,21-22H2,1-4H3,(H,50,51,52)(H,53,54,55)(H2,38,39,40,41,42)/b45-43+,46-44+. The van der Waals surface area contributed by atoms with Crippen molar-refractivity contribution in [2.24, 2.45) is 20.5 Å². The molecule has 0 amide bonds. The molecule has 5 N–H and O–H groups in total. The third kappa shape index (κ3) is 11.3. The lowest BCUT2D eigenvalue weighted by Crippen LogP contribution is -2.21. The zero-order valence-corrected chi connectivity index (χ0v) is 34.5. The molecular formula is C37H43N11O7S3. The molecule has 0 fully saturated rings. The number of aliphatic hydroxyl groups excluding tert-OH is 1. The largest absolute Gasteiger partial charge is 0.396 e. The molecule has 0 aliphatic heterocycles. The maximum Gasteiger partial charge on any atom is 0.296 e. The minimum Gasteiger partial charge on any atom is -0.396 e. The van der Waals surface area contributed by atoms with Gasteiger partial charge in [-0.25, -0.2) is 0 Å². The Morgan fingerprint density at radius 2 is 0.983 bits per heavy atom. The highest BCUT2D eigenvalue weighted by Crippen LogP contribution is 2.37. The van der Waals surface area contributed by atoms with Crippen LogP contribution in [0.25, 0.3) is 0 Å². The number of anilines is 6. The first-order valence-electron chi connectivity index (χ1n) is 18.1. The Balaban J connectivity index is 1.60. The van der Waals surface area contributed by atoms with Crippen molar-refractivity contribution in [1.29, 1.82) is 0 Å². The van der Waals surface area contributed by atoms with Crippen LogP contribution in [0.2, 0.25) is 0 Å². The summed E-state index contributed by atoms with van der Waals surface area (Å²) in [6.45, 7) is 10.7. The highest BCUT2D eigenvalue weighted by atomic mass is 32.2. The predicted octanol–water partition coefficient (Wildman–Crippen LogP) is 8.46. The summed E-state index contributed by atoms with van der Waals surface area (Å²) in [5.74, 6) is 0.431. The summed E-state index contributed by atoms with van der Waals surface area (Å²) in [6.07, 6.45) is 0. The molecule has 0 spiro atoms. The van der Waals surface area contributed by atoms with Gasteiger partial charge in [0, 0.05) is 43.3 Å². The number of hydrogen-bond donors (Lipinski definition) is 5. The lowest BCUT2D eigenvalue weighted by molar-refractivity contribution is 0.322. The van der Waals surface area contributed by atoms with Gasteiger partial charge in [-0.3, -0.25) is 9.11 Å². The first-order valence-corrected chi connectivity index (χ1v) is 21.9. The third-order valence-electron chi connectivity index (χ3n) is 8.47. The van der Waals surface area contributed by atoms with Crippen molar-refractivity contribution in [2.45, 2.75) is 42.6 Å². The summed E-state index contributed by atoms with van der Waals surface area (Å²) in [4.78, 5) is 17.2. The maximum absolute atomic E-state index is 12.0. The van der Waals surface area contributed by atoms with Gasteiger partial charge in [-0.2, -0.15) is 31.8 Å². The number of rotatable bonds is 19. The van der Waals surface area contributed by atoms with E-state index in [2.05, 4.69) is 55.8 Å². The number of thioether (sulfide) groups is 1. The van der Waals surface area contributed by atoms with E-state index in [4.69, 9.17) is 0 Å². The van der Waals surface area contributed by atoms with E-state index in [1.165, 1.54) is 48.2 Å². The molecule has 5 rings (SSSR count). The van der Waals surface area contributed by atoms with Crippen molar-refractivity contribution in [3.05, 3.63) is 84.9 Å².